The first kappa shape index (κ1) is 17.9. The molecule has 0 heterocycles. The molecule has 0 aliphatic rings. The molecule has 0 aliphatic carbocycles. The van der Waals surface area contributed by atoms with E-state index in [1.165, 1.54) is 0 Å². The van der Waals surface area contributed by atoms with Crippen molar-refractivity contribution >= 4 is 11.9 Å². The van der Waals surface area contributed by atoms with Gasteiger partial charge in [-0.2, -0.15) is 0 Å². The molecule has 4 heteroatoms. The highest BCUT2D eigenvalue weighted by Gasteiger charge is 2.22. The number of hydrogen-bond acceptors (Lipinski definition) is 4. The van der Waals surface area contributed by atoms with Crippen molar-refractivity contribution < 1.29 is 19.4 Å². The van der Waals surface area contributed by atoms with Gasteiger partial charge in [0.25, 0.3) is 0 Å². The summed E-state index contributed by atoms with van der Waals surface area (Å²) in [4.78, 5) is 32.5. The molecule has 0 aromatic rings. The van der Waals surface area contributed by atoms with Gasteiger partial charge in [0.1, 0.15) is 0 Å². The van der Waals surface area contributed by atoms with Crippen molar-refractivity contribution in [3.05, 3.63) is 0 Å². The lowest BCUT2D eigenvalue weighted by molar-refractivity contribution is -0.265. The van der Waals surface area contributed by atoms with E-state index in [9.17, 15) is 9.59 Å². The maximum absolute atomic E-state index is 11.8. The Balaban J connectivity index is 4.13. The number of rotatable bonds is 9. The summed E-state index contributed by atoms with van der Waals surface area (Å²) in [7, 11) is 0. The second-order valence-corrected chi connectivity index (χ2v) is 5.10. The van der Waals surface area contributed by atoms with Gasteiger partial charge in [-0.25, -0.2) is 19.4 Å². The summed E-state index contributed by atoms with van der Waals surface area (Å²) in [6.45, 7) is 7.80. The Morgan fingerprint density at radius 3 is 2.05 bits per heavy atom. The van der Waals surface area contributed by atoms with E-state index in [0.717, 1.165) is 38.5 Å². The molecule has 0 fully saturated rings. The summed E-state index contributed by atoms with van der Waals surface area (Å²) in [5, 5.41) is 0. The molecule has 0 saturated heterocycles. The molecule has 19 heavy (non-hydrogen) atoms. The molecule has 0 aromatic heterocycles. The molecule has 0 saturated carbocycles. The number of carbonyl (C=O) groups is 2. The Morgan fingerprint density at radius 1 is 0.895 bits per heavy atom. The van der Waals surface area contributed by atoms with E-state index in [1.54, 1.807) is 6.92 Å². The molecule has 2 unspecified atom stereocenters. The molecule has 0 aliphatic heterocycles. The average molecular weight is 272 g/mol. The minimum absolute atomic E-state index is 0.152. The van der Waals surface area contributed by atoms with Crippen LogP contribution in [0.15, 0.2) is 0 Å². The standard InChI is InChI=1S/C15H28O4/c1-5-8-9-11-13(10-6-2)15(17)19-18-14(16)12(4)7-3/h12-13H,5-11H2,1-4H3. The third-order valence-corrected chi connectivity index (χ3v) is 3.35. The van der Waals surface area contributed by atoms with Gasteiger partial charge in [0, 0.05) is 0 Å². The predicted octanol–water partition coefficient (Wildman–Crippen LogP) is 4.03. The lowest BCUT2D eigenvalue weighted by Crippen LogP contribution is -2.22. The molecule has 0 amide bonds. The molecule has 0 bridgehead atoms. The molecule has 4 nitrogen and oxygen atoms in total. The maximum atomic E-state index is 11.8. The zero-order valence-corrected chi connectivity index (χ0v) is 12.7. The van der Waals surface area contributed by atoms with Crippen molar-refractivity contribution in [1.29, 1.82) is 0 Å². The Labute approximate surface area is 116 Å². The molecular formula is C15H28O4. The Hall–Kier alpha value is -1.06. The molecule has 2 atom stereocenters. The van der Waals surface area contributed by atoms with Crippen LogP contribution in [0.25, 0.3) is 0 Å². The van der Waals surface area contributed by atoms with Gasteiger partial charge in [0.05, 0.1) is 11.8 Å². The third-order valence-electron chi connectivity index (χ3n) is 3.35. The second-order valence-electron chi connectivity index (χ2n) is 5.10. The highest BCUT2D eigenvalue weighted by Crippen LogP contribution is 2.18. The first-order valence-corrected chi connectivity index (χ1v) is 7.48. The van der Waals surface area contributed by atoms with Crippen LogP contribution in [0, 0.1) is 11.8 Å². The van der Waals surface area contributed by atoms with Crippen molar-refractivity contribution in [2.45, 2.75) is 72.6 Å². The molecule has 0 N–H and O–H groups in total. The summed E-state index contributed by atoms with van der Waals surface area (Å²) < 4.78 is 0. The van der Waals surface area contributed by atoms with Crippen LogP contribution in [0.3, 0.4) is 0 Å². The largest absolute Gasteiger partial charge is 0.358 e. The van der Waals surface area contributed by atoms with Crippen molar-refractivity contribution in [3.8, 4) is 0 Å². The van der Waals surface area contributed by atoms with E-state index in [0.29, 0.717) is 6.42 Å². The van der Waals surface area contributed by atoms with Crippen LogP contribution in [-0.2, 0) is 19.4 Å². The van der Waals surface area contributed by atoms with Crippen LogP contribution >= 0.6 is 0 Å². The van der Waals surface area contributed by atoms with Gasteiger partial charge in [0.2, 0.25) is 0 Å². The smallest absolute Gasteiger partial charge is 0.247 e. The minimum Gasteiger partial charge on any atom is -0.247 e. The van der Waals surface area contributed by atoms with Gasteiger partial charge in [0.15, 0.2) is 0 Å². The van der Waals surface area contributed by atoms with Crippen LogP contribution < -0.4 is 0 Å². The van der Waals surface area contributed by atoms with Crippen molar-refractivity contribution in [1.82, 2.24) is 0 Å². The molecular weight excluding hydrogens is 244 g/mol. The van der Waals surface area contributed by atoms with Crippen molar-refractivity contribution in [2.75, 3.05) is 0 Å². The van der Waals surface area contributed by atoms with E-state index in [2.05, 4.69) is 16.7 Å². The fourth-order valence-corrected chi connectivity index (χ4v) is 1.77. The number of carbonyl (C=O) groups excluding carboxylic acids is 2. The summed E-state index contributed by atoms with van der Waals surface area (Å²) in [6, 6.07) is 0. The van der Waals surface area contributed by atoms with Crippen molar-refractivity contribution in [2.24, 2.45) is 11.8 Å². The topological polar surface area (TPSA) is 52.6 Å². The number of unbranched alkanes of at least 4 members (excludes halogenated alkanes) is 2. The SMILES string of the molecule is CCCCCC(CCC)C(=O)OOC(=O)C(C)CC. The van der Waals surface area contributed by atoms with E-state index in [-0.39, 0.29) is 11.8 Å². The Morgan fingerprint density at radius 2 is 1.53 bits per heavy atom. The lowest BCUT2D eigenvalue weighted by atomic mass is 9.97. The van der Waals surface area contributed by atoms with Gasteiger partial charge in [-0.15, -0.1) is 0 Å². The Kier molecular flexibility index (Phi) is 10.2. The van der Waals surface area contributed by atoms with Crippen LogP contribution in [0.4, 0.5) is 0 Å². The highest BCUT2D eigenvalue weighted by molar-refractivity contribution is 5.75. The highest BCUT2D eigenvalue weighted by atomic mass is 17.2. The van der Waals surface area contributed by atoms with Crippen LogP contribution in [0.1, 0.15) is 72.6 Å². The summed E-state index contributed by atoms with van der Waals surface area (Å²) in [5.74, 6) is -1.27. The van der Waals surface area contributed by atoms with Gasteiger partial charge < -0.3 is 0 Å². The average Bonchev–Trinajstić information content (AvgIpc) is 2.42. The minimum atomic E-state index is -0.473. The quantitative estimate of drug-likeness (QED) is 0.361. The van der Waals surface area contributed by atoms with Gasteiger partial charge in [-0.1, -0.05) is 53.4 Å². The van der Waals surface area contributed by atoms with E-state index >= 15 is 0 Å². The van der Waals surface area contributed by atoms with E-state index in [1.807, 2.05) is 13.8 Å². The molecule has 112 valence electrons. The zero-order valence-electron chi connectivity index (χ0n) is 12.7. The van der Waals surface area contributed by atoms with Crippen LogP contribution in [0.5, 0.6) is 0 Å². The molecule has 0 aromatic carbocycles. The predicted molar refractivity (Wildman–Crippen MR) is 74.2 cm³/mol. The van der Waals surface area contributed by atoms with Crippen LogP contribution in [-0.4, -0.2) is 11.9 Å². The van der Waals surface area contributed by atoms with E-state index in [4.69, 9.17) is 0 Å². The molecule has 0 spiro atoms. The normalized spacial score (nSPS) is 13.7. The summed E-state index contributed by atoms with van der Waals surface area (Å²) in [5.41, 5.74) is 0. The fraction of sp³-hybridized carbons (Fsp3) is 0.867. The molecule has 0 rings (SSSR count). The molecule has 0 radical (unpaired) electrons. The lowest BCUT2D eigenvalue weighted by Gasteiger charge is -2.14. The maximum Gasteiger partial charge on any atom is 0.358 e. The van der Waals surface area contributed by atoms with E-state index < -0.39 is 11.9 Å². The van der Waals surface area contributed by atoms with Gasteiger partial charge in [-0.05, 0) is 19.3 Å². The third kappa shape index (κ3) is 7.85. The monoisotopic (exact) mass is 272 g/mol. The van der Waals surface area contributed by atoms with Gasteiger partial charge >= 0.3 is 11.9 Å². The zero-order chi connectivity index (χ0) is 14.7. The first-order valence-electron chi connectivity index (χ1n) is 7.48. The van der Waals surface area contributed by atoms with Crippen LogP contribution in [0.2, 0.25) is 0 Å². The summed E-state index contributed by atoms with van der Waals surface area (Å²) >= 11 is 0. The Bertz CT molecular complexity index is 263. The first-order chi connectivity index (χ1) is 9.06. The fourth-order valence-electron chi connectivity index (χ4n) is 1.77. The summed E-state index contributed by atoms with van der Waals surface area (Å²) in [6.07, 6.45) is 6.42. The second kappa shape index (κ2) is 10.8. The number of hydrogen-bond donors (Lipinski definition) is 0. The van der Waals surface area contributed by atoms with Crippen molar-refractivity contribution in [3.63, 3.8) is 0 Å². The van der Waals surface area contributed by atoms with Gasteiger partial charge in [-0.3, -0.25) is 0 Å².